The zero-order valence-electron chi connectivity index (χ0n) is 18.1. The van der Waals surface area contributed by atoms with E-state index in [9.17, 15) is 28.8 Å². The van der Waals surface area contributed by atoms with Gasteiger partial charge < -0.3 is 9.47 Å². The molecule has 0 aliphatic heterocycles. The van der Waals surface area contributed by atoms with Crippen LogP contribution in [0.3, 0.4) is 0 Å². The molecule has 12 nitrogen and oxygen atoms in total. The summed E-state index contributed by atoms with van der Waals surface area (Å²) in [6.07, 6.45) is 0.671. The number of H-pyrrole nitrogens is 2. The molecule has 0 aliphatic carbocycles. The van der Waals surface area contributed by atoms with Gasteiger partial charge in [0, 0.05) is 12.4 Å². The van der Waals surface area contributed by atoms with Gasteiger partial charge in [-0.25, -0.2) is 28.3 Å². The fourth-order valence-corrected chi connectivity index (χ4v) is 2.62. The lowest BCUT2D eigenvalue weighted by Gasteiger charge is -2.19. The maximum Gasteiger partial charge on any atom is 0.422 e. The molecule has 0 radical (unpaired) electrons. The summed E-state index contributed by atoms with van der Waals surface area (Å²) in [6, 6.07) is 0. The molecule has 176 valence electrons. The number of hydrogen-bond donors (Lipinski definition) is 2. The third kappa shape index (κ3) is 8.71. The molecule has 2 aromatic heterocycles. The van der Waals surface area contributed by atoms with Crippen LogP contribution in [0, 0.1) is 7.14 Å². The topological polar surface area (TPSA) is 162 Å². The Balaban J connectivity index is 0.000000320. The highest BCUT2D eigenvalue weighted by molar-refractivity contribution is 14.1. The van der Waals surface area contributed by atoms with Gasteiger partial charge in [0.05, 0.1) is 7.14 Å². The molecule has 2 rings (SSSR count). The van der Waals surface area contributed by atoms with Crippen LogP contribution in [0.5, 0.6) is 0 Å². The van der Waals surface area contributed by atoms with E-state index in [1.807, 2.05) is 9.97 Å². The average Bonchev–Trinajstić information content (AvgIpc) is 2.58. The van der Waals surface area contributed by atoms with Crippen LogP contribution in [0.15, 0.2) is 31.6 Å². The summed E-state index contributed by atoms with van der Waals surface area (Å²) < 4.78 is 11.9. The third-order valence-electron chi connectivity index (χ3n) is 2.98. The Morgan fingerprint density at radius 3 is 1.25 bits per heavy atom. The summed E-state index contributed by atoms with van der Waals surface area (Å²) in [6.45, 7) is 10.1. The maximum atomic E-state index is 11.6. The Morgan fingerprint density at radius 2 is 1.00 bits per heavy atom. The number of ether oxygens (including phenoxy) is 2. The molecule has 2 heterocycles. The molecule has 0 saturated heterocycles. The second-order valence-electron chi connectivity index (χ2n) is 8.17. The lowest BCUT2D eigenvalue weighted by atomic mass is 10.2. The van der Waals surface area contributed by atoms with Crippen molar-refractivity contribution in [2.45, 2.75) is 52.7 Å². The fraction of sp³-hybridized carbons (Fsp3) is 0.444. The van der Waals surface area contributed by atoms with Gasteiger partial charge in [-0.2, -0.15) is 0 Å². The Morgan fingerprint density at radius 1 is 0.719 bits per heavy atom. The zero-order chi connectivity index (χ0) is 25.0. The minimum atomic E-state index is -0.813. The average molecular weight is 676 g/mol. The molecule has 0 spiro atoms. The van der Waals surface area contributed by atoms with Gasteiger partial charge in [0.15, 0.2) is 0 Å². The quantitative estimate of drug-likeness (QED) is 0.400. The number of aromatic amines is 2. The smallest absolute Gasteiger partial charge is 0.422 e. The van der Waals surface area contributed by atoms with Gasteiger partial charge in [-0.3, -0.25) is 19.6 Å². The van der Waals surface area contributed by atoms with Crippen molar-refractivity contribution < 1.29 is 19.1 Å². The number of nitrogens with zero attached hydrogens (tertiary/aromatic N) is 2. The van der Waals surface area contributed by atoms with Gasteiger partial charge in [0.25, 0.3) is 11.1 Å². The van der Waals surface area contributed by atoms with Crippen LogP contribution in [-0.2, 0) is 9.47 Å². The molecular weight excluding hydrogens is 654 g/mol. The van der Waals surface area contributed by atoms with Crippen LogP contribution in [-0.4, -0.2) is 42.5 Å². The van der Waals surface area contributed by atoms with Crippen LogP contribution in [0.25, 0.3) is 0 Å². The van der Waals surface area contributed by atoms with Gasteiger partial charge in [-0.05, 0) is 86.7 Å². The first-order valence-corrected chi connectivity index (χ1v) is 11.1. The molecule has 0 unspecified atom stereocenters. The Bertz CT molecular complexity index is 1140. The van der Waals surface area contributed by atoms with Crippen molar-refractivity contribution in [1.29, 1.82) is 0 Å². The predicted molar refractivity (Wildman–Crippen MR) is 131 cm³/mol. The van der Waals surface area contributed by atoms with Gasteiger partial charge in [-0.15, -0.1) is 0 Å². The van der Waals surface area contributed by atoms with E-state index in [2.05, 4.69) is 0 Å². The third-order valence-corrected chi connectivity index (χ3v) is 4.51. The fourth-order valence-electron chi connectivity index (χ4n) is 1.79. The molecule has 0 saturated carbocycles. The molecule has 0 atom stereocenters. The van der Waals surface area contributed by atoms with Crippen molar-refractivity contribution >= 4 is 57.4 Å². The van der Waals surface area contributed by atoms with E-state index in [1.54, 1.807) is 86.7 Å². The summed E-state index contributed by atoms with van der Waals surface area (Å²) in [5, 5.41) is 0. The first-order chi connectivity index (χ1) is 14.4. The first kappa shape index (κ1) is 27.8. The van der Waals surface area contributed by atoms with Gasteiger partial charge in [-0.1, -0.05) is 0 Å². The zero-order valence-corrected chi connectivity index (χ0v) is 22.4. The molecule has 0 fully saturated rings. The summed E-state index contributed by atoms with van der Waals surface area (Å²) in [7, 11) is 0. The minimum absolute atomic E-state index is 0.239. The Labute approximate surface area is 208 Å². The Hall–Kier alpha value is -2.24. The van der Waals surface area contributed by atoms with Crippen LogP contribution in [0.2, 0.25) is 0 Å². The van der Waals surface area contributed by atoms with Crippen molar-refractivity contribution in [1.82, 2.24) is 19.1 Å². The number of aromatic nitrogens is 4. The van der Waals surface area contributed by atoms with Crippen molar-refractivity contribution in [2.75, 3.05) is 0 Å². The van der Waals surface area contributed by atoms with E-state index in [4.69, 9.17) is 9.47 Å². The highest BCUT2D eigenvalue weighted by Gasteiger charge is 2.20. The van der Waals surface area contributed by atoms with Gasteiger partial charge in [0.2, 0.25) is 0 Å². The molecule has 32 heavy (non-hydrogen) atoms. The van der Waals surface area contributed by atoms with Crippen LogP contribution >= 0.6 is 45.2 Å². The summed E-state index contributed by atoms with van der Waals surface area (Å²) in [5.41, 5.74) is -4.05. The molecule has 14 heteroatoms. The van der Waals surface area contributed by atoms with Crippen LogP contribution in [0.1, 0.15) is 41.5 Å². The van der Waals surface area contributed by atoms with E-state index in [1.165, 1.54) is 0 Å². The highest BCUT2D eigenvalue weighted by atomic mass is 127. The molecule has 0 aromatic carbocycles. The molecule has 2 aromatic rings. The molecular formula is C18H22I2N4O8. The van der Waals surface area contributed by atoms with E-state index < -0.39 is 45.9 Å². The number of carbonyl (C=O) groups is 2. The summed E-state index contributed by atoms with van der Waals surface area (Å²) in [4.78, 5) is 71.9. The monoisotopic (exact) mass is 676 g/mol. The van der Waals surface area contributed by atoms with E-state index >= 15 is 0 Å². The van der Waals surface area contributed by atoms with Gasteiger partial charge in [0.1, 0.15) is 11.2 Å². The highest BCUT2D eigenvalue weighted by Crippen LogP contribution is 2.08. The van der Waals surface area contributed by atoms with E-state index in [0.29, 0.717) is 0 Å². The molecule has 2 N–H and O–H groups in total. The molecule has 0 aliphatic rings. The van der Waals surface area contributed by atoms with Crippen molar-refractivity contribution in [3.8, 4) is 0 Å². The SMILES string of the molecule is CC(C)(C)OC(=O)n1cc(I)c(=O)[nH]c1=O.CC(C)(C)OC(=O)n1cc(I)c(=O)[nH]c1=O. The lowest BCUT2D eigenvalue weighted by Crippen LogP contribution is -2.38. The second-order valence-corrected chi connectivity index (χ2v) is 10.5. The largest absolute Gasteiger partial charge is 0.443 e. The first-order valence-electron chi connectivity index (χ1n) is 8.91. The second kappa shape index (κ2) is 10.6. The summed E-state index contributed by atoms with van der Waals surface area (Å²) >= 11 is 3.45. The standard InChI is InChI=1S/2C9H11IN2O4/c2*1-9(2,3)16-8(15)12-4-5(10)6(13)11-7(12)14/h2*4H,1-3H3,(H,11,13,14). The van der Waals surface area contributed by atoms with Crippen molar-refractivity contribution in [3.05, 3.63) is 61.2 Å². The normalized spacial score (nSPS) is 11.2. The van der Waals surface area contributed by atoms with E-state index in [0.717, 1.165) is 21.5 Å². The maximum absolute atomic E-state index is 11.6. The lowest BCUT2D eigenvalue weighted by molar-refractivity contribution is 0.0516. The number of rotatable bonds is 0. The van der Waals surface area contributed by atoms with E-state index in [-0.39, 0.29) is 7.14 Å². The van der Waals surface area contributed by atoms with Crippen LogP contribution < -0.4 is 22.5 Å². The number of nitrogens with one attached hydrogen (secondary N) is 2. The van der Waals surface area contributed by atoms with Gasteiger partial charge >= 0.3 is 23.6 Å². The number of halogens is 2. The van der Waals surface area contributed by atoms with Crippen LogP contribution in [0.4, 0.5) is 9.59 Å². The molecule has 0 bridgehead atoms. The van der Waals surface area contributed by atoms with Crippen molar-refractivity contribution in [2.24, 2.45) is 0 Å². The summed E-state index contributed by atoms with van der Waals surface area (Å²) in [5.74, 6) is 0. The Kier molecular flexibility index (Phi) is 9.19. The van der Waals surface area contributed by atoms with Crippen molar-refractivity contribution in [3.63, 3.8) is 0 Å². The number of carbonyl (C=O) groups excluding carboxylic acids is 2. The molecule has 0 amide bonds. The minimum Gasteiger partial charge on any atom is -0.443 e. The number of hydrogen-bond acceptors (Lipinski definition) is 8. The predicted octanol–water partition coefficient (Wildman–Crippen LogP) is 1.85.